The number of carbonyl (C=O) groups is 1. The monoisotopic (exact) mass is 566 g/mol. The van der Waals surface area contributed by atoms with Crippen molar-refractivity contribution in [1.29, 1.82) is 0 Å². The highest BCUT2D eigenvalue weighted by atomic mass is 35.5. The third-order valence-electron chi connectivity index (χ3n) is 4.86. The van der Waals surface area contributed by atoms with E-state index >= 15 is 0 Å². The first-order valence-corrected chi connectivity index (χ1v) is 13.8. The quantitative estimate of drug-likeness (QED) is 0.400. The topological polar surface area (TPSA) is 133 Å². The number of alkyl halides is 3. The van der Waals surface area contributed by atoms with Gasteiger partial charge in [-0.15, -0.1) is 0 Å². The minimum Gasteiger partial charge on any atom is -0.476 e. The predicted octanol–water partition coefficient (Wildman–Crippen LogP) is 4.26. The van der Waals surface area contributed by atoms with Gasteiger partial charge in [-0.2, -0.15) is 26.7 Å². The molecule has 0 saturated heterocycles. The summed E-state index contributed by atoms with van der Waals surface area (Å²) in [7, 11) is -8.36. The van der Waals surface area contributed by atoms with Crippen LogP contribution in [0, 0.1) is 6.92 Å². The summed E-state index contributed by atoms with van der Waals surface area (Å²) in [5.41, 5.74) is 0.286. The number of hydrogen-bond acceptors (Lipinski definition) is 7. The average molecular weight is 567 g/mol. The van der Waals surface area contributed by atoms with Crippen molar-refractivity contribution in [2.24, 2.45) is 0 Å². The lowest BCUT2D eigenvalue weighted by molar-refractivity contribution is -0.130. The van der Waals surface area contributed by atoms with E-state index in [1.807, 2.05) is 0 Å². The molecule has 0 spiro atoms. The van der Waals surface area contributed by atoms with E-state index in [-0.39, 0.29) is 38.3 Å². The molecule has 0 radical (unpaired) electrons. The number of carboxylic acids is 1. The number of aromatic carboxylic acids is 1. The average Bonchev–Trinajstić information content (AvgIpc) is 3.09. The van der Waals surface area contributed by atoms with E-state index in [1.165, 1.54) is 37.3 Å². The van der Waals surface area contributed by atoms with Crippen LogP contribution in [0.2, 0.25) is 5.02 Å². The van der Waals surface area contributed by atoms with Gasteiger partial charge < -0.3 is 9.29 Å². The Hall–Kier alpha value is -3.10. The molecule has 194 valence electrons. The van der Waals surface area contributed by atoms with Crippen LogP contribution in [-0.4, -0.2) is 55.9 Å². The molecule has 0 atom stereocenters. The van der Waals surface area contributed by atoms with Crippen LogP contribution in [0.5, 0.6) is 5.75 Å². The molecule has 0 amide bonds. The zero-order valence-electron chi connectivity index (χ0n) is 18.6. The van der Waals surface area contributed by atoms with Crippen molar-refractivity contribution in [3.05, 3.63) is 58.7 Å². The van der Waals surface area contributed by atoms with Crippen LogP contribution in [0.1, 0.15) is 22.5 Å². The van der Waals surface area contributed by atoms with Crippen LogP contribution >= 0.6 is 11.6 Å². The van der Waals surface area contributed by atoms with Gasteiger partial charge in [-0.3, -0.25) is 0 Å². The van der Waals surface area contributed by atoms with Crippen LogP contribution in [0.15, 0.2) is 47.4 Å². The van der Waals surface area contributed by atoms with Crippen molar-refractivity contribution in [2.45, 2.75) is 24.4 Å². The van der Waals surface area contributed by atoms with Gasteiger partial charge in [0.1, 0.15) is 5.75 Å². The summed E-state index contributed by atoms with van der Waals surface area (Å²) in [5, 5.41) is 13.8. The molecule has 0 unspecified atom stereocenters. The van der Waals surface area contributed by atoms with Gasteiger partial charge >= 0.3 is 22.3 Å². The summed E-state index contributed by atoms with van der Waals surface area (Å²) < 4.78 is 91.4. The van der Waals surface area contributed by atoms with Gasteiger partial charge in [0.05, 0.1) is 28.5 Å². The van der Waals surface area contributed by atoms with E-state index < -0.39 is 44.3 Å². The minimum atomic E-state index is -4.68. The second-order valence-corrected chi connectivity index (χ2v) is 11.8. The second kappa shape index (κ2) is 9.75. The molecule has 0 aliphatic rings. The molecule has 36 heavy (non-hydrogen) atoms. The van der Waals surface area contributed by atoms with Gasteiger partial charge in [0.2, 0.25) is 0 Å². The summed E-state index contributed by atoms with van der Waals surface area (Å²) in [5.74, 6) is -2.92. The third-order valence-corrected chi connectivity index (χ3v) is 7.37. The molecule has 0 aliphatic heterocycles. The van der Waals surface area contributed by atoms with Crippen molar-refractivity contribution in [3.63, 3.8) is 0 Å². The molecule has 1 N–H and O–H groups in total. The Morgan fingerprint density at radius 3 is 2.25 bits per heavy atom. The molecule has 3 rings (SSSR count). The molecule has 0 saturated carbocycles. The number of nitrogens with zero attached hydrogens (tertiary/aromatic N) is 2. The molecule has 0 fully saturated rings. The zero-order valence-corrected chi connectivity index (χ0v) is 21.0. The Labute approximate surface area is 209 Å². The van der Waals surface area contributed by atoms with Crippen LogP contribution in [0.25, 0.3) is 16.9 Å². The predicted molar refractivity (Wildman–Crippen MR) is 124 cm³/mol. The molecule has 0 bridgehead atoms. The van der Waals surface area contributed by atoms with Gasteiger partial charge in [0.25, 0.3) is 0 Å². The lowest BCUT2D eigenvalue weighted by Crippen LogP contribution is -2.20. The Morgan fingerprint density at radius 2 is 1.72 bits per heavy atom. The van der Waals surface area contributed by atoms with Crippen LogP contribution in [0.4, 0.5) is 13.2 Å². The Bertz CT molecular complexity index is 1530. The number of halogens is 4. The number of hydrogen-bond donors (Lipinski definition) is 1. The molecule has 2 aromatic carbocycles. The van der Waals surface area contributed by atoms with Gasteiger partial charge in [-0.05, 0) is 49.4 Å². The molecular weight excluding hydrogens is 549 g/mol. The first kappa shape index (κ1) is 27.5. The summed E-state index contributed by atoms with van der Waals surface area (Å²) >= 11 is 5.96. The molecule has 1 aromatic heterocycles. The highest BCUT2D eigenvalue weighted by molar-refractivity contribution is 7.90. The SMILES string of the molecule is Cc1c(C(=O)O)nn(-c2ccc(Cl)cc2S(C)(=O)=O)c1-c1ccc(OS(=O)(=O)CCC(F)(F)F)cc1. The van der Waals surface area contributed by atoms with Crippen molar-refractivity contribution < 1.29 is 44.1 Å². The minimum absolute atomic E-state index is 0.0163. The highest BCUT2D eigenvalue weighted by Crippen LogP contribution is 2.33. The van der Waals surface area contributed by atoms with E-state index in [4.69, 9.17) is 15.8 Å². The first-order valence-electron chi connectivity index (χ1n) is 9.91. The lowest BCUT2D eigenvalue weighted by Gasteiger charge is -2.13. The van der Waals surface area contributed by atoms with E-state index in [2.05, 4.69) is 5.10 Å². The number of rotatable bonds is 8. The van der Waals surface area contributed by atoms with Crippen molar-refractivity contribution in [1.82, 2.24) is 9.78 Å². The van der Waals surface area contributed by atoms with E-state index in [0.717, 1.165) is 23.1 Å². The largest absolute Gasteiger partial charge is 0.476 e. The third kappa shape index (κ3) is 6.36. The fourth-order valence-electron chi connectivity index (χ4n) is 3.27. The van der Waals surface area contributed by atoms with E-state index in [1.54, 1.807) is 0 Å². The summed E-state index contributed by atoms with van der Waals surface area (Å²) in [6, 6.07) is 8.93. The normalized spacial score (nSPS) is 12.5. The van der Waals surface area contributed by atoms with Crippen molar-refractivity contribution in [3.8, 4) is 22.7 Å². The van der Waals surface area contributed by atoms with Gasteiger partial charge in [0, 0.05) is 22.4 Å². The van der Waals surface area contributed by atoms with Crippen LogP contribution < -0.4 is 4.18 Å². The van der Waals surface area contributed by atoms with Gasteiger partial charge in [-0.25, -0.2) is 17.9 Å². The maximum Gasteiger partial charge on any atom is 0.390 e. The molecule has 9 nitrogen and oxygen atoms in total. The number of carboxylic acid groups (broad SMARTS) is 1. The summed E-state index contributed by atoms with van der Waals surface area (Å²) in [6.45, 7) is 1.45. The van der Waals surface area contributed by atoms with E-state index in [9.17, 15) is 39.9 Å². The summed E-state index contributed by atoms with van der Waals surface area (Å²) in [6.07, 6.45) is -5.31. The second-order valence-electron chi connectivity index (χ2n) is 7.66. The van der Waals surface area contributed by atoms with Gasteiger partial charge in [0.15, 0.2) is 15.5 Å². The molecular formula is C21H18ClF3N2O7S2. The standard InChI is InChI=1S/C21H18ClF3N2O7S2/c1-12-18(20(28)29)26-27(16-8-5-14(22)11-17(16)35(2,30)31)19(12)13-3-6-15(7-4-13)34-36(32,33)10-9-21(23,24)25/h3-8,11H,9-10H2,1-2H3,(H,28,29). The first-order chi connectivity index (χ1) is 16.5. The Morgan fingerprint density at radius 1 is 1.11 bits per heavy atom. The van der Waals surface area contributed by atoms with E-state index in [0.29, 0.717) is 5.56 Å². The van der Waals surface area contributed by atoms with Gasteiger partial charge in [-0.1, -0.05) is 11.6 Å². The zero-order chi connectivity index (χ0) is 27.1. The maximum absolute atomic E-state index is 12.4. The molecule has 3 aromatic rings. The Kier molecular flexibility index (Phi) is 7.44. The smallest absolute Gasteiger partial charge is 0.390 e. The van der Waals surface area contributed by atoms with Crippen molar-refractivity contribution >= 4 is 37.5 Å². The maximum atomic E-state index is 12.4. The fraction of sp³-hybridized carbons (Fsp3) is 0.238. The van der Waals surface area contributed by atoms with Crippen molar-refractivity contribution in [2.75, 3.05) is 12.0 Å². The molecule has 1 heterocycles. The number of benzene rings is 2. The summed E-state index contributed by atoms with van der Waals surface area (Å²) in [4.78, 5) is 11.5. The highest BCUT2D eigenvalue weighted by Gasteiger charge is 2.31. The number of sulfone groups is 1. The Balaban J connectivity index is 2.09. The van der Waals surface area contributed by atoms with Crippen LogP contribution in [0.3, 0.4) is 0 Å². The fourth-order valence-corrected chi connectivity index (χ4v) is 5.35. The van der Waals surface area contributed by atoms with Crippen LogP contribution in [-0.2, 0) is 20.0 Å². The molecule has 15 heteroatoms. The molecule has 0 aliphatic carbocycles. The number of aromatic nitrogens is 2. The lowest BCUT2D eigenvalue weighted by atomic mass is 10.1.